The first-order valence-corrected chi connectivity index (χ1v) is 6.85. The molecule has 0 radical (unpaired) electrons. The molecule has 90 valence electrons. The average molecular weight is 315 g/mol. The number of hydrogen-bond donors (Lipinski definition) is 1. The molecule has 2 rings (SSSR count). The molecule has 1 unspecified atom stereocenters. The molecule has 1 aromatic heterocycles. The first-order chi connectivity index (χ1) is 8.06. The maximum absolute atomic E-state index is 13.6. The van der Waals surface area contributed by atoms with E-state index in [1.807, 2.05) is 19.1 Å². The Morgan fingerprint density at radius 1 is 1.35 bits per heavy atom. The number of halogens is 2. The van der Waals surface area contributed by atoms with Crippen molar-refractivity contribution in [2.24, 2.45) is 0 Å². The zero-order chi connectivity index (χ0) is 12.4. The molecule has 0 spiro atoms. The molecule has 1 N–H and O–H groups in total. The number of aliphatic hydroxyl groups excluding tert-OH is 1. The van der Waals surface area contributed by atoms with Gasteiger partial charge in [-0.05, 0) is 36.8 Å². The van der Waals surface area contributed by atoms with Crippen LogP contribution < -0.4 is 0 Å². The predicted molar refractivity (Wildman–Crippen MR) is 71.8 cm³/mol. The van der Waals surface area contributed by atoms with Crippen LogP contribution >= 0.6 is 27.3 Å². The summed E-state index contributed by atoms with van der Waals surface area (Å²) in [6, 6.07) is 8.75. The molecule has 0 amide bonds. The number of thiophene rings is 1. The second-order valence-corrected chi connectivity index (χ2v) is 6.14. The maximum atomic E-state index is 13.6. The summed E-state index contributed by atoms with van der Waals surface area (Å²) in [7, 11) is 0. The van der Waals surface area contributed by atoms with Crippen LogP contribution in [0.5, 0.6) is 0 Å². The summed E-state index contributed by atoms with van der Waals surface area (Å²) in [6.07, 6.45) is -0.330. The summed E-state index contributed by atoms with van der Waals surface area (Å²) < 4.78 is 14.3. The van der Waals surface area contributed by atoms with Gasteiger partial charge in [-0.15, -0.1) is 11.3 Å². The third-order valence-electron chi connectivity index (χ3n) is 2.52. The molecule has 0 fully saturated rings. The molecule has 0 aliphatic rings. The lowest BCUT2D eigenvalue weighted by atomic mass is 10.1. The number of aliphatic hydroxyl groups is 1. The summed E-state index contributed by atoms with van der Waals surface area (Å²) in [5.74, 6) is -0.285. The number of hydrogen-bond acceptors (Lipinski definition) is 2. The lowest BCUT2D eigenvalue weighted by Crippen LogP contribution is -2.01. The normalized spacial score (nSPS) is 12.7. The molecule has 4 heteroatoms. The number of benzene rings is 1. The van der Waals surface area contributed by atoms with Crippen LogP contribution in [0.3, 0.4) is 0 Å². The van der Waals surface area contributed by atoms with Crippen molar-refractivity contribution in [3.8, 4) is 0 Å². The van der Waals surface area contributed by atoms with E-state index in [4.69, 9.17) is 0 Å². The molecular weight excluding hydrogens is 303 g/mol. The van der Waals surface area contributed by atoms with E-state index in [1.54, 1.807) is 23.5 Å². The van der Waals surface area contributed by atoms with E-state index >= 15 is 0 Å². The Bertz CT molecular complexity index is 524. The van der Waals surface area contributed by atoms with Crippen LogP contribution in [-0.4, -0.2) is 5.11 Å². The monoisotopic (exact) mass is 314 g/mol. The first kappa shape index (κ1) is 12.7. The minimum atomic E-state index is -0.635. The molecule has 2 aromatic rings. The first-order valence-electron chi connectivity index (χ1n) is 5.24. The van der Waals surface area contributed by atoms with Crippen LogP contribution in [0, 0.1) is 12.7 Å². The van der Waals surface area contributed by atoms with Crippen LogP contribution in [0.25, 0.3) is 0 Å². The van der Waals surface area contributed by atoms with Gasteiger partial charge in [-0.2, -0.15) is 0 Å². The van der Waals surface area contributed by atoms with E-state index < -0.39 is 6.10 Å². The zero-order valence-electron chi connectivity index (χ0n) is 9.28. The van der Waals surface area contributed by atoms with Gasteiger partial charge in [0, 0.05) is 20.6 Å². The van der Waals surface area contributed by atoms with Gasteiger partial charge in [0.25, 0.3) is 0 Å². The molecule has 0 bridgehead atoms. The predicted octanol–water partition coefficient (Wildman–Crippen LogP) is 4.23. The Morgan fingerprint density at radius 3 is 2.71 bits per heavy atom. The van der Waals surface area contributed by atoms with Crippen molar-refractivity contribution in [2.75, 3.05) is 0 Å². The fourth-order valence-corrected chi connectivity index (χ4v) is 2.83. The van der Waals surface area contributed by atoms with Crippen molar-refractivity contribution in [3.63, 3.8) is 0 Å². The van der Waals surface area contributed by atoms with Crippen LogP contribution in [0.1, 0.15) is 21.4 Å². The van der Waals surface area contributed by atoms with E-state index in [-0.39, 0.29) is 5.82 Å². The maximum Gasteiger partial charge on any atom is 0.127 e. The molecular formula is C13H12BrFOS. The van der Waals surface area contributed by atoms with Crippen molar-refractivity contribution < 1.29 is 9.50 Å². The largest absolute Gasteiger partial charge is 0.387 e. The van der Waals surface area contributed by atoms with E-state index in [0.29, 0.717) is 16.5 Å². The van der Waals surface area contributed by atoms with Crippen LogP contribution in [0.4, 0.5) is 4.39 Å². The van der Waals surface area contributed by atoms with E-state index in [1.165, 1.54) is 6.07 Å². The second kappa shape index (κ2) is 5.29. The van der Waals surface area contributed by atoms with Gasteiger partial charge in [-0.25, -0.2) is 4.39 Å². The highest BCUT2D eigenvalue weighted by Crippen LogP contribution is 2.27. The Morgan fingerprint density at radius 2 is 2.12 bits per heavy atom. The Hall–Kier alpha value is -0.710. The van der Waals surface area contributed by atoms with Gasteiger partial charge in [0.05, 0.1) is 6.10 Å². The molecule has 1 heterocycles. The highest BCUT2D eigenvalue weighted by molar-refractivity contribution is 9.10. The van der Waals surface area contributed by atoms with Crippen molar-refractivity contribution in [2.45, 2.75) is 19.4 Å². The summed E-state index contributed by atoms with van der Waals surface area (Å²) >= 11 is 4.75. The fourth-order valence-electron chi connectivity index (χ4n) is 1.63. The molecule has 1 aromatic carbocycles. The molecule has 1 nitrogen and oxygen atoms in total. The van der Waals surface area contributed by atoms with Gasteiger partial charge in [0.2, 0.25) is 0 Å². The van der Waals surface area contributed by atoms with Crippen molar-refractivity contribution >= 4 is 27.3 Å². The number of aryl methyl sites for hydroxylation is 1. The highest BCUT2D eigenvalue weighted by Gasteiger charge is 2.13. The average Bonchev–Trinajstić information content (AvgIpc) is 2.69. The topological polar surface area (TPSA) is 20.2 Å². The number of rotatable bonds is 3. The summed E-state index contributed by atoms with van der Waals surface area (Å²) in [5, 5.41) is 10.0. The van der Waals surface area contributed by atoms with Gasteiger partial charge in [-0.3, -0.25) is 0 Å². The van der Waals surface area contributed by atoms with Crippen LogP contribution in [-0.2, 0) is 6.42 Å². The SMILES string of the molecule is Cc1ccc(C(O)Cc2ccc(Br)cc2F)s1. The summed E-state index contributed by atoms with van der Waals surface area (Å²) in [6.45, 7) is 1.99. The molecule has 17 heavy (non-hydrogen) atoms. The van der Waals surface area contributed by atoms with Gasteiger partial charge < -0.3 is 5.11 Å². The van der Waals surface area contributed by atoms with Gasteiger partial charge in [0.15, 0.2) is 0 Å². The quantitative estimate of drug-likeness (QED) is 0.898. The van der Waals surface area contributed by atoms with Crippen molar-refractivity contribution in [1.82, 2.24) is 0 Å². The second-order valence-electron chi connectivity index (χ2n) is 3.90. The third kappa shape index (κ3) is 3.15. The molecule has 0 aliphatic carbocycles. The van der Waals surface area contributed by atoms with Crippen LogP contribution in [0.15, 0.2) is 34.8 Å². The van der Waals surface area contributed by atoms with E-state index in [2.05, 4.69) is 15.9 Å². The lowest BCUT2D eigenvalue weighted by molar-refractivity contribution is 0.181. The minimum absolute atomic E-state index is 0.285. The Kier molecular flexibility index (Phi) is 3.97. The lowest BCUT2D eigenvalue weighted by Gasteiger charge is -2.09. The Balaban J connectivity index is 2.15. The summed E-state index contributed by atoms with van der Waals surface area (Å²) in [4.78, 5) is 2.03. The van der Waals surface area contributed by atoms with Crippen molar-refractivity contribution in [1.29, 1.82) is 0 Å². The van der Waals surface area contributed by atoms with E-state index in [0.717, 1.165) is 9.75 Å². The highest BCUT2D eigenvalue weighted by atomic mass is 79.9. The minimum Gasteiger partial charge on any atom is -0.387 e. The van der Waals surface area contributed by atoms with E-state index in [9.17, 15) is 9.50 Å². The molecule has 0 saturated carbocycles. The Labute approximate surface area is 112 Å². The molecule has 1 atom stereocenters. The zero-order valence-corrected chi connectivity index (χ0v) is 11.7. The van der Waals surface area contributed by atoms with Crippen LogP contribution in [0.2, 0.25) is 0 Å². The van der Waals surface area contributed by atoms with Gasteiger partial charge in [0.1, 0.15) is 5.82 Å². The van der Waals surface area contributed by atoms with Crippen molar-refractivity contribution in [3.05, 3.63) is 55.9 Å². The summed E-state index contributed by atoms with van der Waals surface area (Å²) in [5.41, 5.74) is 0.534. The molecule has 0 aliphatic heterocycles. The smallest absolute Gasteiger partial charge is 0.127 e. The standard InChI is InChI=1S/C13H12BrFOS/c1-8-2-5-13(17-8)12(16)6-9-3-4-10(14)7-11(9)15/h2-5,7,12,16H,6H2,1H3. The fraction of sp³-hybridized carbons (Fsp3) is 0.231. The van der Waals surface area contributed by atoms with Gasteiger partial charge >= 0.3 is 0 Å². The third-order valence-corrected chi connectivity index (χ3v) is 4.11. The molecule has 0 saturated heterocycles. The van der Waals surface area contributed by atoms with Gasteiger partial charge in [-0.1, -0.05) is 22.0 Å².